The fourth-order valence-electron chi connectivity index (χ4n) is 13.2. The number of nitrogens with zero attached hydrogens (tertiary/aromatic N) is 1. The van der Waals surface area contributed by atoms with Crippen LogP contribution in [0.4, 0.5) is 0 Å². The van der Waals surface area contributed by atoms with Gasteiger partial charge in [-0.25, -0.2) is 0 Å². The first-order valence-electron chi connectivity index (χ1n) is 43.3. The number of phosphoric ester groups is 1. The van der Waals surface area contributed by atoms with Crippen LogP contribution in [0.2, 0.25) is 0 Å². The lowest BCUT2D eigenvalue weighted by Crippen LogP contribution is -2.37. The molecule has 2 unspecified atom stereocenters. The first kappa shape index (κ1) is 96.0. The maximum absolute atomic E-state index is 12.9. The third-order valence-corrected chi connectivity index (χ3v) is 20.8. The van der Waals surface area contributed by atoms with E-state index in [0.29, 0.717) is 17.4 Å². The normalized spacial score (nSPS) is 13.2. The number of unbranched alkanes of at least 4 members (excludes halogenated alkanes) is 60. The molecular formula is C88H168NO8P. The Morgan fingerprint density at radius 3 is 0.827 bits per heavy atom. The summed E-state index contributed by atoms with van der Waals surface area (Å²) in [5.41, 5.74) is 0. The second-order valence-electron chi connectivity index (χ2n) is 30.9. The van der Waals surface area contributed by atoms with Crippen LogP contribution in [0.1, 0.15) is 450 Å². The molecule has 0 saturated heterocycles. The molecule has 0 saturated carbocycles. The number of hydrogen-bond acceptors (Lipinski definition) is 8. The molecule has 0 aromatic heterocycles. The zero-order chi connectivity index (χ0) is 71.1. The van der Waals surface area contributed by atoms with Gasteiger partial charge in [-0.1, -0.05) is 409 Å². The van der Waals surface area contributed by atoms with E-state index in [-0.39, 0.29) is 32.0 Å². The Kier molecular flexibility index (Phi) is 77.5. The van der Waals surface area contributed by atoms with Crippen molar-refractivity contribution in [2.45, 2.75) is 457 Å². The summed E-state index contributed by atoms with van der Waals surface area (Å²) in [7, 11) is 1.19. The molecule has 0 rings (SSSR count). The number of phosphoric acid groups is 1. The van der Waals surface area contributed by atoms with Gasteiger partial charge in [0.05, 0.1) is 27.7 Å². The molecule has 0 aliphatic carbocycles. The number of carbonyl (C=O) groups excluding carboxylic acids is 2. The van der Waals surface area contributed by atoms with Gasteiger partial charge in [-0.05, 0) is 77.0 Å². The standard InChI is InChI=1S/C88H168NO8P/c1-6-8-10-12-14-16-18-20-22-24-26-28-30-32-34-36-38-40-41-42-43-44-45-46-47-49-51-53-55-57-59-61-63-65-67-69-71-73-75-77-79-81-88(91)97-86(85-96-98(92,93)95-83-82-89(3,4)5)84-94-87(90)80-78-76-74-72-70-68-66-64-62-60-58-56-54-52-50-48-39-37-35-33-31-29-27-25-23-21-19-17-15-13-11-9-7-2/h18,20,24-27,30,32,86H,6-17,19,21-23,28-29,31,33-85H2,1-5H3/b20-18-,26-24-,27-25-,32-30-. The molecule has 10 heteroatoms. The Morgan fingerprint density at radius 2 is 0.551 bits per heavy atom. The molecule has 2 atom stereocenters. The predicted octanol–water partition coefficient (Wildman–Crippen LogP) is 28.4. The number of likely N-dealkylation sites (N-methyl/N-ethyl adjacent to an activating group) is 1. The summed E-state index contributed by atoms with van der Waals surface area (Å²) in [6, 6.07) is 0. The molecule has 0 radical (unpaired) electrons. The van der Waals surface area contributed by atoms with Crippen LogP contribution in [0.3, 0.4) is 0 Å². The lowest BCUT2D eigenvalue weighted by atomic mass is 10.0. The summed E-state index contributed by atoms with van der Waals surface area (Å²) >= 11 is 0. The van der Waals surface area contributed by atoms with E-state index in [9.17, 15) is 19.0 Å². The van der Waals surface area contributed by atoms with Crippen LogP contribution in [0.25, 0.3) is 0 Å². The number of allylic oxidation sites excluding steroid dienone is 8. The molecular weight excluding hydrogens is 1230 g/mol. The maximum atomic E-state index is 12.9. The highest BCUT2D eigenvalue weighted by molar-refractivity contribution is 7.45. The van der Waals surface area contributed by atoms with Gasteiger partial charge in [-0.3, -0.25) is 14.2 Å². The molecule has 0 aromatic carbocycles. The van der Waals surface area contributed by atoms with Gasteiger partial charge in [0, 0.05) is 12.8 Å². The molecule has 0 amide bonds. The lowest BCUT2D eigenvalue weighted by Gasteiger charge is -2.28. The Hall–Kier alpha value is -2.03. The van der Waals surface area contributed by atoms with Crippen LogP contribution in [-0.2, 0) is 32.7 Å². The zero-order valence-electron chi connectivity index (χ0n) is 66.3. The van der Waals surface area contributed by atoms with Gasteiger partial charge in [0.25, 0.3) is 7.82 Å². The van der Waals surface area contributed by atoms with Crippen molar-refractivity contribution in [3.8, 4) is 0 Å². The molecule has 0 aliphatic heterocycles. The van der Waals surface area contributed by atoms with Crippen LogP contribution in [-0.4, -0.2) is 70.0 Å². The van der Waals surface area contributed by atoms with E-state index < -0.39 is 26.5 Å². The Morgan fingerprint density at radius 1 is 0.316 bits per heavy atom. The Labute approximate surface area is 611 Å². The number of hydrogen-bond donors (Lipinski definition) is 0. The topological polar surface area (TPSA) is 111 Å². The first-order valence-corrected chi connectivity index (χ1v) is 44.8. The smallest absolute Gasteiger partial charge is 0.306 e. The molecule has 0 N–H and O–H groups in total. The SMILES string of the molecule is CCCCCCC/C=C\C/C=C\C/C=C\CCCCCCCCCCCCCCCCCCCCCCCCCCCCC(=O)OC(COC(=O)CCCCCCCCCCCCCCCCCCCCCCC/C=C\CCCCCCCCCC)COP(=O)([O-])OCC[N+](C)(C)C. The van der Waals surface area contributed by atoms with Crippen molar-refractivity contribution >= 4 is 19.8 Å². The Bertz CT molecular complexity index is 1790. The summed E-state index contributed by atoms with van der Waals surface area (Å²) in [4.78, 5) is 38.2. The minimum Gasteiger partial charge on any atom is -0.756 e. The number of rotatable bonds is 82. The first-order chi connectivity index (χ1) is 48.0. The largest absolute Gasteiger partial charge is 0.756 e. The highest BCUT2D eigenvalue weighted by atomic mass is 31.2. The summed E-state index contributed by atoms with van der Waals surface area (Å²) in [5.74, 6) is -0.805. The zero-order valence-corrected chi connectivity index (χ0v) is 67.2. The van der Waals surface area contributed by atoms with Crippen molar-refractivity contribution in [2.24, 2.45) is 0 Å². The van der Waals surface area contributed by atoms with E-state index in [1.807, 2.05) is 21.1 Å². The van der Waals surface area contributed by atoms with E-state index in [1.54, 1.807) is 0 Å². The average molecular weight is 1400 g/mol. The Balaban J connectivity index is 3.86. The molecule has 98 heavy (non-hydrogen) atoms. The lowest BCUT2D eigenvalue weighted by molar-refractivity contribution is -0.870. The summed E-state index contributed by atoms with van der Waals surface area (Å²) in [6.07, 6.45) is 106. The van der Waals surface area contributed by atoms with Crippen LogP contribution >= 0.6 is 7.82 Å². The minimum absolute atomic E-state index is 0.0273. The highest BCUT2D eigenvalue weighted by Gasteiger charge is 2.22. The third-order valence-electron chi connectivity index (χ3n) is 19.8. The molecule has 0 spiro atoms. The molecule has 0 aromatic rings. The van der Waals surface area contributed by atoms with Gasteiger partial charge in [-0.15, -0.1) is 0 Å². The number of carbonyl (C=O) groups is 2. The highest BCUT2D eigenvalue weighted by Crippen LogP contribution is 2.38. The van der Waals surface area contributed by atoms with Gasteiger partial charge in [0.15, 0.2) is 6.10 Å². The molecule has 9 nitrogen and oxygen atoms in total. The fraction of sp³-hybridized carbons (Fsp3) is 0.886. The molecule has 0 bridgehead atoms. The van der Waals surface area contributed by atoms with E-state index in [0.717, 1.165) is 44.9 Å². The monoisotopic (exact) mass is 1400 g/mol. The van der Waals surface area contributed by atoms with E-state index in [2.05, 4.69) is 62.5 Å². The maximum Gasteiger partial charge on any atom is 0.306 e. The molecule has 0 aliphatic rings. The van der Waals surface area contributed by atoms with E-state index in [4.69, 9.17) is 18.5 Å². The second-order valence-corrected chi connectivity index (χ2v) is 32.3. The summed E-state index contributed by atoms with van der Waals surface area (Å²) < 4.78 is 34.5. The van der Waals surface area contributed by atoms with Crippen molar-refractivity contribution in [3.05, 3.63) is 48.6 Å². The van der Waals surface area contributed by atoms with Crippen molar-refractivity contribution in [3.63, 3.8) is 0 Å². The van der Waals surface area contributed by atoms with E-state index >= 15 is 0 Å². The summed E-state index contributed by atoms with van der Waals surface area (Å²) in [6.45, 7) is 4.31. The van der Waals surface area contributed by atoms with Gasteiger partial charge >= 0.3 is 11.9 Å². The van der Waals surface area contributed by atoms with Gasteiger partial charge in [-0.2, -0.15) is 0 Å². The number of ether oxygens (including phenoxy) is 2. The number of quaternary nitrogens is 1. The minimum atomic E-state index is -4.64. The summed E-state index contributed by atoms with van der Waals surface area (Å²) in [5, 5.41) is 0. The molecule has 0 heterocycles. The van der Waals surface area contributed by atoms with Gasteiger partial charge in [0.2, 0.25) is 0 Å². The van der Waals surface area contributed by atoms with Crippen molar-refractivity contribution in [1.82, 2.24) is 0 Å². The van der Waals surface area contributed by atoms with E-state index in [1.165, 1.54) is 372 Å². The van der Waals surface area contributed by atoms with Crippen LogP contribution in [0.5, 0.6) is 0 Å². The van der Waals surface area contributed by atoms with Crippen molar-refractivity contribution < 1.29 is 42.1 Å². The van der Waals surface area contributed by atoms with Crippen LogP contribution in [0, 0.1) is 0 Å². The van der Waals surface area contributed by atoms with Crippen LogP contribution in [0.15, 0.2) is 48.6 Å². The van der Waals surface area contributed by atoms with Gasteiger partial charge in [0.1, 0.15) is 19.8 Å². The fourth-order valence-corrected chi connectivity index (χ4v) is 13.9. The second kappa shape index (κ2) is 79.1. The molecule has 578 valence electrons. The van der Waals surface area contributed by atoms with Crippen molar-refractivity contribution in [1.29, 1.82) is 0 Å². The third kappa shape index (κ3) is 82.9. The van der Waals surface area contributed by atoms with Gasteiger partial charge < -0.3 is 27.9 Å². The molecule has 0 fully saturated rings. The number of esters is 2. The quantitative estimate of drug-likeness (QED) is 0.0195. The van der Waals surface area contributed by atoms with Crippen LogP contribution < -0.4 is 4.89 Å². The predicted molar refractivity (Wildman–Crippen MR) is 425 cm³/mol. The van der Waals surface area contributed by atoms with Crippen molar-refractivity contribution in [2.75, 3.05) is 47.5 Å². The average Bonchev–Trinajstić information content (AvgIpc) is 1.08.